The van der Waals surface area contributed by atoms with Crippen molar-refractivity contribution in [3.63, 3.8) is 0 Å². The minimum atomic E-state index is -1.12. The van der Waals surface area contributed by atoms with Gasteiger partial charge in [0.25, 0.3) is 0 Å². The van der Waals surface area contributed by atoms with Crippen LogP contribution in [0.25, 0.3) is 5.69 Å². The van der Waals surface area contributed by atoms with E-state index in [-0.39, 0.29) is 17.6 Å². The number of benzene rings is 1. The molecule has 0 aliphatic carbocycles. The Morgan fingerprint density at radius 3 is 2.46 bits per heavy atom. The van der Waals surface area contributed by atoms with Gasteiger partial charge in [-0.05, 0) is 49.7 Å². The van der Waals surface area contributed by atoms with Crippen LogP contribution >= 0.6 is 0 Å². The Kier molecular flexibility index (Phi) is 4.88. The highest BCUT2D eigenvalue weighted by Crippen LogP contribution is 2.18. The number of carboxylic acid groups (broad SMARTS) is 1. The molecule has 0 saturated carbocycles. The van der Waals surface area contributed by atoms with Gasteiger partial charge in [-0.15, -0.1) is 0 Å². The lowest BCUT2D eigenvalue weighted by atomic mass is 10.1. The Balaban J connectivity index is 1.70. The molecule has 2 aromatic heterocycles. The molecule has 0 spiro atoms. The van der Waals surface area contributed by atoms with Crippen LogP contribution in [0.4, 0.5) is 0 Å². The minimum absolute atomic E-state index is 0.0860. The molecule has 1 aromatic carbocycles. The van der Waals surface area contributed by atoms with Gasteiger partial charge in [-0.1, -0.05) is 12.1 Å². The van der Waals surface area contributed by atoms with Crippen LogP contribution < -0.4 is 5.32 Å². The first-order chi connectivity index (χ1) is 12.5. The Morgan fingerprint density at radius 1 is 1.08 bits per heavy atom. The van der Waals surface area contributed by atoms with Gasteiger partial charge in [0.15, 0.2) is 5.69 Å². The number of nitrogens with zero attached hydrogens (tertiary/aromatic N) is 3. The lowest BCUT2D eigenvalue weighted by Crippen LogP contribution is -2.33. The van der Waals surface area contributed by atoms with E-state index in [0.29, 0.717) is 0 Å². The molecule has 2 N–H and O–H groups in total. The third-order valence-corrected chi connectivity index (χ3v) is 4.24. The summed E-state index contributed by atoms with van der Waals surface area (Å²) in [5, 5.41) is 15.8. The number of carbonyl (C=O) groups is 2. The third-order valence-electron chi connectivity index (χ3n) is 4.24. The molecule has 2 atom stereocenters. The minimum Gasteiger partial charge on any atom is -0.476 e. The van der Waals surface area contributed by atoms with Crippen molar-refractivity contribution >= 4 is 11.9 Å². The second-order valence-corrected chi connectivity index (χ2v) is 6.08. The Labute approximate surface area is 150 Å². The van der Waals surface area contributed by atoms with Crippen molar-refractivity contribution in [1.82, 2.24) is 19.7 Å². The number of aromatic nitrogens is 3. The van der Waals surface area contributed by atoms with Crippen LogP contribution in [0.3, 0.4) is 0 Å². The molecule has 0 aliphatic rings. The monoisotopic (exact) mass is 352 g/mol. The van der Waals surface area contributed by atoms with Crippen LogP contribution in [0.1, 0.15) is 42.0 Å². The standard InChI is InChI=1S/C19H20N4O3/c1-13(15-6-5-7-16(12-15)22-9-3-4-10-22)20-18(24)14(2)23-11-8-17(21-23)19(25)26/h3-14H,1-2H3,(H,20,24)(H,25,26). The first-order valence-corrected chi connectivity index (χ1v) is 8.28. The largest absolute Gasteiger partial charge is 0.476 e. The van der Waals surface area contributed by atoms with Gasteiger partial charge < -0.3 is 15.0 Å². The topological polar surface area (TPSA) is 89.2 Å². The lowest BCUT2D eigenvalue weighted by molar-refractivity contribution is -0.124. The Bertz CT molecular complexity index is 915. The first kappa shape index (κ1) is 17.5. The normalized spacial score (nSPS) is 13.2. The van der Waals surface area contributed by atoms with E-state index in [2.05, 4.69) is 10.4 Å². The number of hydrogen-bond donors (Lipinski definition) is 2. The average Bonchev–Trinajstić information content (AvgIpc) is 3.33. The van der Waals surface area contributed by atoms with Crippen LogP contribution in [-0.2, 0) is 4.79 Å². The van der Waals surface area contributed by atoms with Gasteiger partial charge in [0.1, 0.15) is 6.04 Å². The SMILES string of the molecule is CC(NC(=O)C(C)n1ccc(C(=O)O)n1)c1cccc(-n2cccc2)c1. The number of amides is 1. The molecule has 0 fully saturated rings. The summed E-state index contributed by atoms with van der Waals surface area (Å²) in [5.74, 6) is -1.35. The van der Waals surface area contributed by atoms with E-state index in [1.165, 1.54) is 16.9 Å². The number of rotatable bonds is 6. The zero-order chi connectivity index (χ0) is 18.7. The summed E-state index contributed by atoms with van der Waals surface area (Å²) in [6, 6.07) is 12.4. The van der Waals surface area contributed by atoms with Crippen molar-refractivity contribution in [3.8, 4) is 5.69 Å². The summed E-state index contributed by atoms with van der Waals surface area (Å²) in [6.07, 6.45) is 5.41. The van der Waals surface area contributed by atoms with E-state index < -0.39 is 12.0 Å². The maximum atomic E-state index is 12.5. The molecular weight excluding hydrogens is 332 g/mol. The fourth-order valence-corrected chi connectivity index (χ4v) is 2.67. The first-order valence-electron chi connectivity index (χ1n) is 8.28. The number of carboxylic acids is 1. The number of nitrogens with one attached hydrogen (secondary N) is 1. The van der Waals surface area contributed by atoms with Crippen molar-refractivity contribution in [2.75, 3.05) is 0 Å². The highest BCUT2D eigenvalue weighted by Gasteiger charge is 2.20. The summed E-state index contributed by atoms with van der Waals surface area (Å²) in [6.45, 7) is 3.59. The van der Waals surface area contributed by atoms with E-state index in [0.717, 1.165) is 11.3 Å². The van der Waals surface area contributed by atoms with Crippen molar-refractivity contribution < 1.29 is 14.7 Å². The second-order valence-electron chi connectivity index (χ2n) is 6.08. The van der Waals surface area contributed by atoms with Crippen molar-refractivity contribution in [3.05, 3.63) is 72.3 Å². The zero-order valence-corrected chi connectivity index (χ0v) is 14.5. The van der Waals surface area contributed by atoms with Crippen molar-refractivity contribution in [2.24, 2.45) is 0 Å². The van der Waals surface area contributed by atoms with Gasteiger partial charge >= 0.3 is 5.97 Å². The lowest BCUT2D eigenvalue weighted by Gasteiger charge is -2.19. The van der Waals surface area contributed by atoms with E-state index in [9.17, 15) is 9.59 Å². The molecule has 7 nitrogen and oxygen atoms in total. The Hall–Kier alpha value is -3.35. The molecule has 3 rings (SSSR count). The zero-order valence-electron chi connectivity index (χ0n) is 14.5. The summed E-state index contributed by atoms with van der Waals surface area (Å²) < 4.78 is 3.35. The molecule has 0 radical (unpaired) electrons. The summed E-state index contributed by atoms with van der Waals surface area (Å²) >= 11 is 0. The number of aromatic carboxylic acids is 1. The Morgan fingerprint density at radius 2 is 1.81 bits per heavy atom. The van der Waals surface area contributed by atoms with Gasteiger partial charge in [0.2, 0.25) is 5.91 Å². The van der Waals surface area contributed by atoms with Gasteiger partial charge in [-0.2, -0.15) is 5.10 Å². The second kappa shape index (κ2) is 7.26. The highest BCUT2D eigenvalue weighted by molar-refractivity contribution is 5.85. The van der Waals surface area contributed by atoms with E-state index in [1.807, 2.05) is 60.3 Å². The predicted molar refractivity (Wildman–Crippen MR) is 96.2 cm³/mol. The molecule has 0 saturated heterocycles. The quantitative estimate of drug-likeness (QED) is 0.714. The van der Waals surface area contributed by atoms with Gasteiger partial charge in [0, 0.05) is 24.3 Å². The maximum Gasteiger partial charge on any atom is 0.356 e. The van der Waals surface area contributed by atoms with Crippen LogP contribution in [0.15, 0.2) is 61.1 Å². The fourth-order valence-electron chi connectivity index (χ4n) is 2.67. The molecule has 26 heavy (non-hydrogen) atoms. The summed E-state index contributed by atoms with van der Waals surface area (Å²) in [7, 11) is 0. The smallest absolute Gasteiger partial charge is 0.356 e. The molecule has 134 valence electrons. The number of carbonyl (C=O) groups excluding carboxylic acids is 1. The molecular formula is C19H20N4O3. The molecule has 3 aromatic rings. The maximum absolute atomic E-state index is 12.5. The van der Waals surface area contributed by atoms with Crippen LogP contribution in [0, 0.1) is 0 Å². The molecule has 2 unspecified atom stereocenters. The van der Waals surface area contributed by atoms with Crippen LogP contribution in [-0.4, -0.2) is 31.3 Å². The third kappa shape index (κ3) is 3.66. The van der Waals surface area contributed by atoms with E-state index >= 15 is 0 Å². The van der Waals surface area contributed by atoms with E-state index in [4.69, 9.17) is 5.11 Å². The van der Waals surface area contributed by atoms with Gasteiger partial charge in [-0.25, -0.2) is 4.79 Å². The summed E-state index contributed by atoms with van der Waals surface area (Å²) in [5.41, 5.74) is 1.90. The molecule has 0 bridgehead atoms. The highest BCUT2D eigenvalue weighted by atomic mass is 16.4. The molecule has 0 aliphatic heterocycles. The van der Waals surface area contributed by atoms with Gasteiger partial charge in [-0.3, -0.25) is 9.48 Å². The van der Waals surface area contributed by atoms with Crippen molar-refractivity contribution in [2.45, 2.75) is 25.9 Å². The molecule has 7 heteroatoms. The summed E-state index contributed by atoms with van der Waals surface area (Å²) in [4.78, 5) is 23.4. The van der Waals surface area contributed by atoms with E-state index in [1.54, 1.807) is 6.92 Å². The van der Waals surface area contributed by atoms with Crippen molar-refractivity contribution in [1.29, 1.82) is 0 Å². The predicted octanol–water partition coefficient (Wildman–Crippen LogP) is 2.81. The van der Waals surface area contributed by atoms with Gasteiger partial charge in [0.05, 0.1) is 6.04 Å². The van der Waals surface area contributed by atoms with Crippen LogP contribution in [0.2, 0.25) is 0 Å². The molecule has 2 heterocycles. The fraction of sp³-hybridized carbons (Fsp3) is 0.211. The number of hydrogen-bond acceptors (Lipinski definition) is 3. The molecule has 1 amide bonds. The van der Waals surface area contributed by atoms with Crippen LogP contribution in [0.5, 0.6) is 0 Å². The average molecular weight is 352 g/mol.